The van der Waals surface area contributed by atoms with E-state index >= 15 is 0 Å². The highest BCUT2D eigenvalue weighted by Crippen LogP contribution is 2.34. The van der Waals surface area contributed by atoms with Crippen molar-refractivity contribution >= 4 is 39.7 Å². The van der Waals surface area contributed by atoms with Gasteiger partial charge in [-0.05, 0) is 31.2 Å². The number of ether oxygens (including phenoxy) is 1. The molecular weight excluding hydrogens is 370 g/mol. The molecule has 1 fully saturated rings. The Morgan fingerprint density at radius 2 is 2.04 bits per heavy atom. The summed E-state index contributed by atoms with van der Waals surface area (Å²) in [6.45, 7) is 5.25. The van der Waals surface area contributed by atoms with Gasteiger partial charge >= 0.3 is 0 Å². The maximum Gasteiger partial charge on any atom is 0.227 e. The van der Waals surface area contributed by atoms with Gasteiger partial charge in [0.05, 0.1) is 29.5 Å². The third kappa shape index (κ3) is 3.80. The van der Waals surface area contributed by atoms with Crippen molar-refractivity contribution in [3.63, 3.8) is 0 Å². The van der Waals surface area contributed by atoms with E-state index in [0.717, 1.165) is 53.4 Å². The topological polar surface area (TPSA) is 63.2 Å². The Morgan fingerprint density at radius 1 is 1.19 bits per heavy atom. The average Bonchev–Trinajstić information content (AvgIpc) is 3.05. The summed E-state index contributed by atoms with van der Waals surface area (Å²) in [5.41, 5.74) is 2.69. The summed E-state index contributed by atoms with van der Waals surface area (Å²) in [5.74, 6) is 0.533. The number of thiazole rings is 1. The molecule has 0 aliphatic carbocycles. The highest BCUT2D eigenvalue weighted by molar-refractivity contribution is 7.19. The van der Waals surface area contributed by atoms with Crippen LogP contribution >= 0.6 is 22.9 Å². The molecule has 6 nitrogen and oxygen atoms in total. The number of anilines is 3. The molecule has 1 aromatic carbocycles. The Kier molecular flexibility index (Phi) is 5.01. The molecule has 4 rings (SSSR count). The summed E-state index contributed by atoms with van der Waals surface area (Å²) >= 11 is 7.69. The van der Waals surface area contributed by atoms with Crippen LogP contribution in [0.15, 0.2) is 36.5 Å². The maximum atomic E-state index is 6.03. The summed E-state index contributed by atoms with van der Waals surface area (Å²) in [7, 11) is 0. The first-order valence-corrected chi connectivity index (χ1v) is 9.54. The van der Waals surface area contributed by atoms with Crippen LogP contribution in [0.2, 0.25) is 5.02 Å². The Balaban J connectivity index is 1.59. The number of rotatable bonds is 4. The first-order chi connectivity index (χ1) is 12.7. The minimum absolute atomic E-state index is 0.533. The first kappa shape index (κ1) is 17.2. The quantitative estimate of drug-likeness (QED) is 0.725. The van der Waals surface area contributed by atoms with Gasteiger partial charge in [0, 0.05) is 30.0 Å². The van der Waals surface area contributed by atoms with Crippen molar-refractivity contribution in [3.05, 3.63) is 47.2 Å². The van der Waals surface area contributed by atoms with Crippen LogP contribution in [0.1, 0.15) is 5.69 Å². The second-order valence-corrected chi connectivity index (χ2v) is 7.33. The van der Waals surface area contributed by atoms with Gasteiger partial charge in [-0.25, -0.2) is 15.0 Å². The molecule has 0 atom stereocenters. The molecule has 0 unspecified atom stereocenters. The Hall–Kier alpha value is -2.22. The van der Waals surface area contributed by atoms with Crippen molar-refractivity contribution in [2.24, 2.45) is 0 Å². The summed E-state index contributed by atoms with van der Waals surface area (Å²) in [6, 6.07) is 9.39. The molecule has 0 radical (unpaired) electrons. The lowest BCUT2D eigenvalue weighted by Gasteiger charge is -2.26. The van der Waals surface area contributed by atoms with E-state index in [1.165, 1.54) is 0 Å². The third-order valence-electron chi connectivity index (χ3n) is 4.04. The van der Waals surface area contributed by atoms with E-state index < -0.39 is 0 Å². The maximum absolute atomic E-state index is 6.03. The largest absolute Gasteiger partial charge is 0.378 e. The van der Waals surface area contributed by atoms with E-state index in [9.17, 15) is 0 Å². The zero-order valence-electron chi connectivity index (χ0n) is 14.3. The van der Waals surface area contributed by atoms with Crippen molar-refractivity contribution in [1.82, 2.24) is 15.0 Å². The molecule has 1 aliphatic rings. The monoisotopic (exact) mass is 387 g/mol. The minimum Gasteiger partial charge on any atom is -0.378 e. The number of hydrogen-bond donors (Lipinski definition) is 1. The summed E-state index contributed by atoms with van der Waals surface area (Å²) in [4.78, 5) is 17.0. The molecule has 26 heavy (non-hydrogen) atoms. The van der Waals surface area contributed by atoms with Crippen LogP contribution < -0.4 is 10.2 Å². The highest BCUT2D eigenvalue weighted by atomic mass is 35.5. The number of halogens is 1. The molecule has 3 aromatic rings. The second-order valence-electron chi connectivity index (χ2n) is 5.91. The smallest absolute Gasteiger partial charge is 0.227 e. The number of morpholine rings is 1. The predicted molar refractivity (Wildman–Crippen MR) is 106 cm³/mol. The molecule has 0 bridgehead atoms. The molecule has 134 valence electrons. The van der Waals surface area contributed by atoms with Crippen molar-refractivity contribution < 1.29 is 4.74 Å². The van der Waals surface area contributed by atoms with Gasteiger partial charge in [-0.3, -0.25) is 0 Å². The first-order valence-electron chi connectivity index (χ1n) is 8.35. The van der Waals surface area contributed by atoms with Gasteiger partial charge in [-0.2, -0.15) is 0 Å². The van der Waals surface area contributed by atoms with Crippen LogP contribution in [0.4, 0.5) is 16.8 Å². The van der Waals surface area contributed by atoms with E-state index in [1.807, 2.05) is 37.3 Å². The van der Waals surface area contributed by atoms with Gasteiger partial charge < -0.3 is 15.0 Å². The summed E-state index contributed by atoms with van der Waals surface area (Å²) in [6.07, 6.45) is 1.75. The van der Waals surface area contributed by atoms with Crippen LogP contribution in [0.3, 0.4) is 0 Å². The number of nitrogens with one attached hydrogen (secondary N) is 1. The molecule has 0 amide bonds. The SMILES string of the molecule is Cc1nc(N2CCOCC2)sc1-c1ccnc(Nc2cccc(Cl)c2)n1. The van der Waals surface area contributed by atoms with Crippen LogP contribution in [-0.4, -0.2) is 41.3 Å². The molecule has 0 spiro atoms. The van der Waals surface area contributed by atoms with Gasteiger partial charge in [-0.1, -0.05) is 29.0 Å². The van der Waals surface area contributed by atoms with Crippen LogP contribution in [0.5, 0.6) is 0 Å². The average molecular weight is 388 g/mol. The fraction of sp³-hybridized carbons (Fsp3) is 0.278. The Labute approximate surface area is 160 Å². The lowest BCUT2D eigenvalue weighted by atomic mass is 10.3. The van der Waals surface area contributed by atoms with Crippen molar-refractivity contribution in [1.29, 1.82) is 0 Å². The number of aromatic nitrogens is 3. The molecular formula is C18H18ClN5OS. The Bertz CT molecular complexity index is 910. The molecule has 1 saturated heterocycles. The van der Waals surface area contributed by atoms with E-state index in [4.69, 9.17) is 21.3 Å². The van der Waals surface area contributed by atoms with Gasteiger partial charge in [0.15, 0.2) is 5.13 Å². The standard InChI is InChI=1S/C18H18ClN5OS/c1-12-16(26-18(21-12)24-7-9-25-10-8-24)15-5-6-20-17(23-15)22-14-4-2-3-13(19)11-14/h2-6,11H,7-10H2,1H3,(H,20,22,23). The number of nitrogens with zero attached hydrogens (tertiary/aromatic N) is 4. The van der Waals surface area contributed by atoms with Crippen molar-refractivity contribution in [2.75, 3.05) is 36.5 Å². The zero-order valence-corrected chi connectivity index (χ0v) is 15.8. The van der Waals surface area contributed by atoms with Crippen LogP contribution in [-0.2, 0) is 4.74 Å². The van der Waals surface area contributed by atoms with Crippen molar-refractivity contribution in [3.8, 4) is 10.6 Å². The van der Waals surface area contributed by atoms with E-state index in [-0.39, 0.29) is 0 Å². The van der Waals surface area contributed by atoms with Crippen LogP contribution in [0, 0.1) is 6.92 Å². The van der Waals surface area contributed by atoms with Gasteiger partial charge in [-0.15, -0.1) is 0 Å². The number of benzene rings is 1. The zero-order chi connectivity index (χ0) is 17.9. The summed E-state index contributed by atoms with van der Waals surface area (Å²) in [5, 5.41) is 4.88. The number of hydrogen-bond acceptors (Lipinski definition) is 7. The van der Waals surface area contributed by atoms with Gasteiger partial charge in [0.2, 0.25) is 5.95 Å². The number of aryl methyl sites for hydroxylation is 1. The van der Waals surface area contributed by atoms with E-state index in [1.54, 1.807) is 17.5 Å². The second kappa shape index (κ2) is 7.57. The molecule has 3 heterocycles. The molecule has 1 N–H and O–H groups in total. The summed E-state index contributed by atoms with van der Waals surface area (Å²) < 4.78 is 5.42. The molecule has 8 heteroatoms. The van der Waals surface area contributed by atoms with E-state index in [0.29, 0.717) is 11.0 Å². The Morgan fingerprint density at radius 3 is 2.85 bits per heavy atom. The third-order valence-corrected chi connectivity index (χ3v) is 5.51. The fourth-order valence-corrected chi connectivity index (χ4v) is 4.03. The van der Waals surface area contributed by atoms with Crippen molar-refractivity contribution in [2.45, 2.75) is 6.92 Å². The lowest BCUT2D eigenvalue weighted by molar-refractivity contribution is 0.122. The van der Waals surface area contributed by atoms with Crippen LogP contribution in [0.25, 0.3) is 10.6 Å². The van der Waals surface area contributed by atoms with Gasteiger partial charge in [0.25, 0.3) is 0 Å². The van der Waals surface area contributed by atoms with E-state index in [2.05, 4.69) is 20.2 Å². The molecule has 2 aromatic heterocycles. The fourth-order valence-electron chi connectivity index (χ4n) is 2.75. The van der Waals surface area contributed by atoms with Gasteiger partial charge in [0.1, 0.15) is 0 Å². The predicted octanol–water partition coefficient (Wildman–Crippen LogP) is 4.14. The minimum atomic E-state index is 0.533. The normalized spacial score (nSPS) is 14.5. The molecule has 0 saturated carbocycles. The lowest BCUT2D eigenvalue weighted by Crippen LogP contribution is -2.36. The highest BCUT2D eigenvalue weighted by Gasteiger charge is 2.18. The molecule has 1 aliphatic heterocycles.